The molecule has 0 fully saturated rings. The molecule has 120 valence electrons. The molecule has 0 radical (unpaired) electrons. The van der Waals surface area contributed by atoms with Crippen LogP contribution in [0.2, 0.25) is 0 Å². The molecule has 1 aromatic rings. The van der Waals surface area contributed by atoms with Gasteiger partial charge in [-0.3, -0.25) is 0 Å². The van der Waals surface area contributed by atoms with Gasteiger partial charge in [0, 0.05) is 18.3 Å². The number of pyridine rings is 1. The minimum atomic E-state index is -4.66. The lowest BCUT2D eigenvalue weighted by molar-refractivity contribution is -0.138. The van der Waals surface area contributed by atoms with Crippen LogP contribution in [0.5, 0.6) is 5.88 Å². The zero-order valence-electron chi connectivity index (χ0n) is 12.0. The van der Waals surface area contributed by atoms with E-state index in [-0.39, 0.29) is 18.7 Å². The lowest BCUT2D eigenvalue weighted by Gasteiger charge is -2.22. The van der Waals surface area contributed by atoms with E-state index in [9.17, 15) is 22.7 Å². The van der Waals surface area contributed by atoms with Crippen molar-refractivity contribution in [3.05, 3.63) is 23.6 Å². The van der Waals surface area contributed by atoms with Crippen molar-refractivity contribution in [2.75, 3.05) is 13.2 Å². The Morgan fingerprint density at radius 2 is 1.95 bits per heavy atom. The molecule has 1 rings (SSSR count). The highest BCUT2D eigenvalue weighted by atomic mass is 19.4. The quantitative estimate of drug-likeness (QED) is 0.820. The van der Waals surface area contributed by atoms with E-state index in [0.717, 1.165) is 0 Å². The molecular formula is C13H18F4N2O2. The first-order valence-electron chi connectivity index (χ1n) is 6.27. The molecule has 0 saturated carbocycles. The second-order valence-corrected chi connectivity index (χ2v) is 5.60. The maximum absolute atomic E-state index is 13.4. The van der Waals surface area contributed by atoms with Crippen molar-refractivity contribution < 1.29 is 27.4 Å². The lowest BCUT2D eigenvalue weighted by Crippen LogP contribution is -2.42. The number of nitrogens with one attached hydrogen (secondary N) is 1. The molecule has 1 heterocycles. The predicted molar refractivity (Wildman–Crippen MR) is 68.5 cm³/mol. The average molecular weight is 310 g/mol. The maximum atomic E-state index is 13.4. The van der Waals surface area contributed by atoms with Gasteiger partial charge in [-0.2, -0.15) is 13.2 Å². The van der Waals surface area contributed by atoms with Gasteiger partial charge in [-0.1, -0.05) is 0 Å². The van der Waals surface area contributed by atoms with Gasteiger partial charge in [0.2, 0.25) is 5.88 Å². The number of hydrogen-bond acceptors (Lipinski definition) is 4. The summed E-state index contributed by atoms with van der Waals surface area (Å²) in [5, 5.41) is 12.6. The topological polar surface area (TPSA) is 54.4 Å². The van der Waals surface area contributed by atoms with Crippen molar-refractivity contribution in [2.24, 2.45) is 0 Å². The number of alkyl halides is 3. The van der Waals surface area contributed by atoms with Gasteiger partial charge in [0.05, 0.1) is 5.56 Å². The van der Waals surface area contributed by atoms with Crippen LogP contribution >= 0.6 is 0 Å². The number of aliphatic hydroxyl groups is 1. The normalized spacial score (nSPS) is 14.1. The molecule has 8 heteroatoms. The van der Waals surface area contributed by atoms with Gasteiger partial charge in [-0.15, -0.1) is 0 Å². The average Bonchev–Trinajstić information content (AvgIpc) is 2.32. The molecule has 2 N–H and O–H groups in total. The molecular weight excluding hydrogens is 292 g/mol. The van der Waals surface area contributed by atoms with Crippen LogP contribution in [-0.2, 0) is 6.18 Å². The van der Waals surface area contributed by atoms with Crippen molar-refractivity contribution >= 4 is 0 Å². The third-order valence-electron chi connectivity index (χ3n) is 2.42. The third kappa shape index (κ3) is 6.26. The fourth-order valence-electron chi connectivity index (χ4n) is 1.34. The Balaban J connectivity index is 2.56. The highest BCUT2D eigenvalue weighted by molar-refractivity contribution is 5.22. The Labute approximate surface area is 120 Å². The van der Waals surface area contributed by atoms with Crippen molar-refractivity contribution in [3.8, 4) is 5.88 Å². The van der Waals surface area contributed by atoms with Crippen LogP contribution < -0.4 is 10.1 Å². The summed E-state index contributed by atoms with van der Waals surface area (Å²) in [6, 6.07) is 0.308. The highest BCUT2D eigenvalue weighted by Crippen LogP contribution is 2.30. The van der Waals surface area contributed by atoms with E-state index in [1.165, 1.54) is 0 Å². The Hall–Kier alpha value is -1.41. The number of rotatable bonds is 5. The summed E-state index contributed by atoms with van der Waals surface area (Å²) in [5.74, 6) is -1.79. The fourth-order valence-corrected chi connectivity index (χ4v) is 1.34. The van der Waals surface area contributed by atoms with Crippen molar-refractivity contribution in [3.63, 3.8) is 0 Å². The summed E-state index contributed by atoms with van der Waals surface area (Å²) in [4.78, 5) is 3.28. The van der Waals surface area contributed by atoms with E-state index in [2.05, 4.69) is 10.3 Å². The van der Waals surface area contributed by atoms with E-state index >= 15 is 0 Å². The standard InChI is InChI=1S/C13H18F4N2O2/c1-12(2,3)19-6-9(20)7-21-11-10(14)4-8(5-18-11)13(15,16)17/h4-5,9,19-20H,6-7H2,1-3H3. The van der Waals surface area contributed by atoms with Gasteiger partial charge < -0.3 is 15.2 Å². The summed E-state index contributed by atoms with van der Waals surface area (Å²) < 4.78 is 55.3. The zero-order chi connectivity index (χ0) is 16.3. The summed E-state index contributed by atoms with van der Waals surface area (Å²) in [6.07, 6.45) is -5.12. The van der Waals surface area contributed by atoms with Crippen molar-refractivity contribution in [1.29, 1.82) is 0 Å². The van der Waals surface area contributed by atoms with Crippen LogP contribution in [0.25, 0.3) is 0 Å². The first-order valence-corrected chi connectivity index (χ1v) is 6.27. The SMILES string of the molecule is CC(C)(C)NCC(O)COc1ncc(C(F)(F)F)cc1F. The smallest absolute Gasteiger partial charge is 0.417 e. The van der Waals surface area contributed by atoms with E-state index in [4.69, 9.17) is 4.74 Å². The van der Waals surface area contributed by atoms with Crippen LogP contribution in [0.3, 0.4) is 0 Å². The number of ether oxygens (including phenoxy) is 1. The zero-order valence-corrected chi connectivity index (χ0v) is 12.0. The minimum absolute atomic E-state index is 0.200. The number of aliphatic hydroxyl groups excluding tert-OH is 1. The van der Waals surface area contributed by atoms with Gasteiger partial charge >= 0.3 is 6.18 Å². The highest BCUT2D eigenvalue weighted by Gasteiger charge is 2.32. The third-order valence-corrected chi connectivity index (χ3v) is 2.42. The second kappa shape index (κ2) is 6.57. The second-order valence-electron chi connectivity index (χ2n) is 5.60. The minimum Gasteiger partial charge on any atom is -0.473 e. The molecule has 0 spiro atoms. The maximum Gasteiger partial charge on any atom is 0.417 e. The van der Waals surface area contributed by atoms with Gasteiger partial charge in [0.1, 0.15) is 12.7 Å². The summed E-state index contributed by atoms with van der Waals surface area (Å²) in [7, 11) is 0. The summed E-state index contributed by atoms with van der Waals surface area (Å²) in [5.41, 5.74) is -1.40. The number of nitrogens with zero attached hydrogens (tertiary/aromatic N) is 1. The molecule has 4 nitrogen and oxygen atoms in total. The lowest BCUT2D eigenvalue weighted by atomic mass is 10.1. The Morgan fingerprint density at radius 1 is 1.33 bits per heavy atom. The van der Waals surface area contributed by atoms with Gasteiger partial charge in [-0.25, -0.2) is 9.37 Å². The molecule has 0 amide bonds. The molecule has 1 aromatic heterocycles. The number of hydrogen-bond donors (Lipinski definition) is 2. The molecule has 0 aliphatic carbocycles. The van der Waals surface area contributed by atoms with Crippen LogP contribution in [-0.4, -0.2) is 34.9 Å². The van der Waals surface area contributed by atoms with Crippen molar-refractivity contribution in [1.82, 2.24) is 10.3 Å². The summed E-state index contributed by atoms with van der Waals surface area (Å²) in [6.45, 7) is 5.62. The van der Waals surface area contributed by atoms with Crippen LogP contribution in [0, 0.1) is 5.82 Å². The van der Waals surface area contributed by atoms with E-state index in [1.807, 2.05) is 20.8 Å². The Bertz CT molecular complexity index is 472. The molecule has 1 unspecified atom stereocenters. The molecule has 0 aliphatic rings. The van der Waals surface area contributed by atoms with E-state index < -0.39 is 29.5 Å². The van der Waals surface area contributed by atoms with Gasteiger partial charge in [-0.05, 0) is 26.8 Å². The molecule has 1 atom stereocenters. The van der Waals surface area contributed by atoms with Gasteiger partial charge in [0.25, 0.3) is 0 Å². The van der Waals surface area contributed by atoms with Crippen LogP contribution in [0.4, 0.5) is 17.6 Å². The molecule has 21 heavy (non-hydrogen) atoms. The molecule has 0 saturated heterocycles. The predicted octanol–water partition coefficient (Wildman–Crippen LogP) is 2.37. The largest absolute Gasteiger partial charge is 0.473 e. The van der Waals surface area contributed by atoms with Crippen LogP contribution in [0.15, 0.2) is 12.3 Å². The van der Waals surface area contributed by atoms with E-state index in [1.54, 1.807) is 0 Å². The molecule has 0 bridgehead atoms. The Morgan fingerprint density at radius 3 is 2.43 bits per heavy atom. The van der Waals surface area contributed by atoms with Crippen molar-refractivity contribution in [2.45, 2.75) is 38.6 Å². The summed E-state index contributed by atoms with van der Waals surface area (Å²) >= 11 is 0. The number of aromatic nitrogens is 1. The Kier molecular flexibility index (Phi) is 5.52. The van der Waals surface area contributed by atoms with Gasteiger partial charge in [0.15, 0.2) is 5.82 Å². The van der Waals surface area contributed by atoms with Crippen LogP contribution in [0.1, 0.15) is 26.3 Å². The number of halogens is 4. The molecule has 0 aliphatic heterocycles. The monoisotopic (exact) mass is 310 g/mol. The first kappa shape index (κ1) is 17.6. The molecule has 0 aromatic carbocycles. The number of β-amino-alcohol motifs (C(OH)–C–C–N with tert-alkyl or cyclic N) is 1. The first-order chi connectivity index (χ1) is 9.49. The fraction of sp³-hybridized carbons (Fsp3) is 0.615. The van der Waals surface area contributed by atoms with E-state index in [0.29, 0.717) is 12.3 Å².